The van der Waals surface area contributed by atoms with Crippen LogP contribution in [0.1, 0.15) is 18.4 Å². The van der Waals surface area contributed by atoms with Crippen LogP contribution >= 0.6 is 24.0 Å². The van der Waals surface area contributed by atoms with Gasteiger partial charge in [0.2, 0.25) is 0 Å². The van der Waals surface area contributed by atoms with E-state index in [-0.39, 0.29) is 36.2 Å². The van der Waals surface area contributed by atoms with Gasteiger partial charge in [-0.05, 0) is 24.5 Å². The van der Waals surface area contributed by atoms with E-state index in [4.69, 9.17) is 9.47 Å². The molecule has 0 radical (unpaired) electrons. The first kappa shape index (κ1) is 21.1. The smallest absolute Gasteiger partial charge is 0.194 e. The predicted molar refractivity (Wildman–Crippen MR) is 119 cm³/mol. The maximum atomic E-state index is 5.96. The number of nitrogens with zero attached hydrogens (tertiary/aromatic N) is 4. The second-order valence-corrected chi connectivity index (χ2v) is 6.91. The lowest BCUT2D eigenvalue weighted by Crippen LogP contribution is -2.53. The van der Waals surface area contributed by atoms with Crippen molar-refractivity contribution in [3.05, 3.63) is 48.5 Å². The number of nitrogens with one attached hydrogen (secondary N) is 1. The fraction of sp³-hybridized carbons (Fsp3) is 0.500. The van der Waals surface area contributed by atoms with Crippen LogP contribution in [0.5, 0.6) is 0 Å². The number of rotatable bonds is 4. The van der Waals surface area contributed by atoms with Crippen LogP contribution < -0.4 is 5.32 Å². The molecule has 8 heteroatoms. The minimum absolute atomic E-state index is 0. The second-order valence-electron chi connectivity index (χ2n) is 6.91. The van der Waals surface area contributed by atoms with Crippen molar-refractivity contribution in [2.45, 2.75) is 31.6 Å². The van der Waals surface area contributed by atoms with E-state index in [1.165, 1.54) is 5.56 Å². The van der Waals surface area contributed by atoms with E-state index in [2.05, 4.69) is 38.4 Å². The Morgan fingerprint density at radius 3 is 2.86 bits per heavy atom. The summed E-state index contributed by atoms with van der Waals surface area (Å²) in [6.45, 7) is 3.90. The third-order valence-electron chi connectivity index (χ3n) is 5.20. The molecule has 2 aliphatic rings. The van der Waals surface area contributed by atoms with Crippen molar-refractivity contribution in [1.29, 1.82) is 0 Å². The molecule has 2 aliphatic heterocycles. The normalized spacial score (nSPS) is 22.8. The molecule has 2 unspecified atom stereocenters. The SMILES string of the molecule is CN=C(NCc1ccccc1-n1ccnc1)N1CCOC(C2CCCO2)C1.I. The molecule has 0 bridgehead atoms. The number of halogens is 1. The average Bonchev–Trinajstić information content (AvgIpc) is 3.43. The van der Waals surface area contributed by atoms with Crippen molar-refractivity contribution in [3.63, 3.8) is 0 Å². The van der Waals surface area contributed by atoms with Gasteiger partial charge in [-0.15, -0.1) is 24.0 Å². The molecular formula is C20H28IN5O2. The number of morpholine rings is 1. The minimum Gasteiger partial charge on any atom is -0.375 e. The maximum Gasteiger partial charge on any atom is 0.194 e. The minimum atomic E-state index is 0. The number of hydrogen-bond donors (Lipinski definition) is 1. The molecule has 2 fully saturated rings. The molecule has 28 heavy (non-hydrogen) atoms. The Morgan fingerprint density at radius 2 is 2.11 bits per heavy atom. The first-order chi connectivity index (χ1) is 13.3. The van der Waals surface area contributed by atoms with E-state index in [0.717, 1.165) is 44.2 Å². The molecule has 152 valence electrons. The molecule has 1 aromatic carbocycles. The van der Waals surface area contributed by atoms with Crippen LogP contribution in [0.15, 0.2) is 48.0 Å². The van der Waals surface area contributed by atoms with E-state index in [1.54, 1.807) is 6.20 Å². The zero-order valence-corrected chi connectivity index (χ0v) is 18.5. The third-order valence-corrected chi connectivity index (χ3v) is 5.20. The largest absolute Gasteiger partial charge is 0.375 e. The lowest BCUT2D eigenvalue weighted by molar-refractivity contribution is -0.0817. The van der Waals surface area contributed by atoms with Gasteiger partial charge < -0.3 is 24.3 Å². The number of aliphatic imine (C=N–C) groups is 1. The summed E-state index contributed by atoms with van der Waals surface area (Å²) < 4.78 is 13.8. The van der Waals surface area contributed by atoms with Gasteiger partial charge in [0, 0.05) is 45.7 Å². The van der Waals surface area contributed by atoms with Crippen molar-refractivity contribution >= 4 is 29.9 Å². The Kier molecular flexibility index (Phi) is 7.69. The van der Waals surface area contributed by atoms with Crippen LogP contribution in [0.4, 0.5) is 0 Å². The highest BCUT2D eigenvalue weighted by atomic mass is 127. The number of para-hydroxylation sites is 1. The van der Waals surface area contributed by atoms with Gasteiger partial charge >= 0.3 is 0 Å². The maximum absolute atomic E-state index is 5.96. The Hall–Kier alpha value is -1.65. The Bertz CT molecular complexity index is 762. The molecule has 2 aromatic rings. The zero-order chi connectivity index (χ0) is 18.5. The summed E-state index contributed by atoms with van der Waals surface area (Å²) in [5.41, 5.74) is 2.32. The molecule has 3 heterocycles. The van der Waals surface area contributed by atoms with Crippen LogP contribution in [-0.2, 0) is 16.0 Å². The predicted octanol–water partition coefficient (Wildman–Crippen LogP) is 2.45. The number of aromatic nitrogens is 2. The number of benzene rings is 1. The molecule has 2 atom stereocenters. The fourth-order valence-corrected chi connectivity index (χ4v) is 3.81. The van der Waals surface area contributed by atoms with Crippen LogP contribution in [0.2, 0.25) is 0 Å². The first-order valence-electron chi connectivity index (χ1n) is 9.60. The van der Waals surface area contributed by atoms with Crippen molar-refractivity contribution in [3.8, 4) is 5.69 Å². The van der Waals surface area contributed by atoms with E-state index >= 15 is 0 Å². The molecular weight excluding hydrogens is 469 g/mol. The number of ether oxygens (including phenoxy) is 2. The van der Waals surface area contributed by atoms with Crippen LogP contribution in [-0.4, -0.2) is 66.0 Å². The van der Waals surface area contributed by atoms with Crippen molar-refractivity contribution in [1.82, 2.24) is 19.8 Å². The molecule has 0 amide bonds. The van der Waals surface area contributed by atoms with Crippen molar-refractivity contribution < 1.29 is 9.47 Å². The number of guanidine groups is 1. The second kappa shape index (κ2) is 10.2. The van der Waals surface area contributed by atoms with Gasteiger partial charge in [0.05, 0.1) is 24.7 Å². The van der Waals surface area contributed by atoms with E-state index in [1.807, 2.05) is 30.2 Å². The lowest BCUT2D eigenvalue weighted by Gasteiger charge is -2.37. The highest BCUT2D eigenvalue weighted by Crippen LogP contribution is 2.21. The van der Waals surface area contributed by atoms with Gasteiger partial charge in [-0.3, -0.25) is 4.99 Å². The van der Waals surface area contributed by atoms with Gasteiger partial charge in [0.15, 0.2) is 5.96 Å². The number of hydrogen-bond acceptors (Lipinski definition) is 4. The summed E-state index contributed by atoms with van der Waals surface area (Å²) >= 11 is 0. The molecule has 7 nitrogen and oxygen atoms in total. The van der Waals surface area contributed by atoms with E-state index in [9.17, 15) is 0 Å². The molecule has 4 rings (SSSR count). The van der Waals surface area contributed by atoms with Gasteiger partial charge in [0.1, 0.15) is 6.10 Å². The van der Waals surface area contributed by atoms with Gasteiger partial charge in [-0.1, -0.05) is 18.2 Å². The quantitative estimate of drug-likeness (QED) is 0.400. The standard InChI is InChI=1S/C20H27N5O2.HI/c1-21-20(24-10-12-27-19(14-24)18-7-4-11-26-18)23-13-16-5-2-3-6-17(16)25-9-8-22-15-25;/h2-3,5-6,8-9,15,18-19H,4,7,10-14H2,1H3,(H,21,23);1H. The van der Waals surface area contributed by atoms with Crippen LogP contribution in [0.25, 0.3) is 5.69 Å². The van der Waals surface area contributed by atoms with E-state index in [0.29, 0.717) is 13.2 Å². The molecule has 0 saturated carbocycles. The monoisotopic (exact) mass is 497 g/mol. The van der Waals surface area contributed by atoms with Crippen molar-refractivity contribution in [2.75, 3.05) is 33.4 Å². The zero-order valence-electron chi connectivity index (χ0n) is 16.2. The Balaban J connectivity index is 0.00000225. The molecule has 1 aromatic heterocycles. The number of imidazole rings is 1. The van der Waals surface area contributed by atoms with E-state index < -0.39 is 0 Å². The summed E-state index contributed by atoms with van der Waals surface area (Å²) in [7, 11) is 1.83. The fourth-order valence-electron chi connectivity index (χ4n) is 3.81. The summed E-state index contributed by atoms with van der Waals surface area (Å²) in [6, 6.07) is 8.33. The summed E-state index contributed by atoms with van der Waals surface area (Å²) in [6.07, 6.45) is 8.13. The van der Waals surface area contributed by atoms with Crippen LogP contribution in [0.3, 0.4) is 0 Å². The molecule has 1 N–H and O–H groups in total. The summed E-state index contributed by atoms with van der Waals surface area (Å²) in [4.78, 5) is 10.9. The van der Waals surface area contributed by atoms with Crippen molar-refractivity contribution in [2.24, 2.45) is 4.99 Å². The van der Waals surface area contributed by atoms with Gasteiger partial charge in [-0.2, -0.15) is 0 Å². The lowest BCUT2D eigenvalue weighted by atomic mass is 10.1. The van der Waals surface area contributed by atoms with Gasteiger partial charge in [0.25, 0.3) is 0 Å². The third kappa shape index (κ3) is 4.84. The first-order valence-corrected chi connectivity index (χ1v) is 9.60. The Labute approximate surface area is 183 Å². The summed E-state index contributed by atoms with van der Waals surface area (Å²) in [5.74, 6) is 0.904. The average molecular weight is 497 g/mol. The topological polar surface area (TPSA) is 63.9 Å². The molecule has 0 aliphatic carbocycles. The summed E-state index contributed by atoms with van der Waals surface area (Å²) in [5, 5.41) is 3.51. The molecule has 0 spiro atoms. The highest BCUT2D eigenvalue weighted by molar-refractivity contribution is 14.0. The van der Waals surface area contributed by atoms with Gasteiger partial charge in [-0.25, -0.2) is 4.98 Å². The Morgan fingerprint density at radius 1 is 1.25 bits per heavy atom. The van der Waals surface area contributed by atoms with Crippen LogP contribution in [0, 0.1) is 0 Å². The molecule has 2 saturated heterocycles. The highest BCUT2D eigenvalue weighted by Gasteiger charge is 2.32.